The summed E-state index contributed by atoms with van der Waals surface area (Å²) in [5, 5.41) is 8.74. The summed E-state index contributed by atoms with van der Waals surface area (Å²) in [5.41, 5.74) is 3.34. The summed E-state index contributed by atoms with van der Waals surface area (Å²) in [4.78, 5) is 2.26. The van der Waals surface area contributed by atoms with Crippen LogP contribution < -0.4 is 4.90 Å². The van der Waals surface area contributed by atoms with E-state index in [-0.39, 0.29) is 0 Å². The molecule has 1 aliphatic rings. The zero-order valence-electron chi connectivity index (χ0n) is 7.91. The van der Waals surface area contributed by atoms with Crippen molar-refractivity contribution in [1.29, 1.82) is 5.26 Å². The predicted octanol–water partition coefficient (Wildman–Crippen LogP) is 1.94. The summed E-state index contributed by atoms with van der Waals surface area (Å²) >= 11 is 0. The fourth-order valence-electron chi connectivity index (χ4n) is 1.86. The first-order chi connectivity index (χ1) is 6.22. The summed E-state index contributed by atoms with van der Waals surface area (Å²) in [6, 6.07) is 8.64. The minimum absolute atomic E-state index is 0.559. The van der Waals surface area contributed by atoms with Crippen LogP contribution in [0.3, 0.4) is 0 Å². The maximum absolute atomic E-state index is 8.74. The lowest BCUT2D eigenvalue weighted by molar-refractivity contribution is 0.732. The van der Waals surface area contributed by atoms with E-state index in [4.69, 9.17) is 5.26 Å². The molecule has 0 radical (unpaired) electrons. The Balaban J connectivity index is 2.48. The molecule has 0 N–H and O–H groups in total. The first kappa shape index (κ1) is 8.12. The van der Waals surface area contributed by atoms with Crippen LogP contribution in [0.1, 0.15) is 18.1 Å². The molecule has 13 heavy (non-hydrogen) atoms. The van der Waals surface area contributed by atoms with Crippen LogP contribution in [0.25, 0.3) is 0 Å². The van der Waals surface area contributed by atoms with Crippen LogP contribution in [0.5, 0.6) is 0 Å². The molecular weight excluding hydrogens is 160 g/mol. The molecule has 1 unspecified atom stereocenters. The van der Waals surface area contributed by atoms with Gasteiger partial charge >= 0.3 is 0 Å². The molecule has 1 aromatic carbocycles. The SMILES string of the molecule is CC1Cc2cc(C#N)ccc2N1C. The third-order valence-corrected chi connectivity index (χ3v) is 2.77. The van der Waals surface area contributed by atoms with Crippen molar-refractivity contribution < 1.29 is 0 Å². The Morgan fingerprint density at radius 2 is 2.31 bits per heavy atom. The highest BCUT2D eigenvalue weighted by atomic mass is 15.1. The molecule has 2 nitrogen and oxygen atoms in total. The highest BCUT2D eigenvalue weighted by Gasteiger charge is 2.22. The Kier molecular flexibility index (Phi) is 1.73. The monoisotopic (exact) mass is 172 g/mol. The topological polar surface area (TPSA) is 27.0 Å². The highest BCUT2D eigenvalue weighted by Crippen LogP contribution is 2.30. The van der Waals surface area contributed by atoms with Gasteiger partial charge in [-0.25, -0.2) is 0 Å². The number of nitriles is 1. The molecule has 0 amide bonds. The van der Waals surface area contributed by atoms with Crippen LogP contribution in [-0.2, 0) is 6.42 Å². The lowest BCUT2D eigenvalue weighted by atomic mass is 10.1. The Hall–Kier alpha value is -1.49. The van der Waals surface area contributed by atoms with Crippen LogP contribution in [0.4, 0.5) is 5.69 Å². The number of nitrogens with zero attached hydrogens (tertiary/aromatic N) is 2. The predicted molar refractivity (Wildman–Crippen MR) is 52.7 cm³/mol. The van der Waals surface area contributed by atoms with Crippen molar-refractivity contribution in [3.8, 4) is 6.07 Å². The Morgan fingerprint density at radius 3 is 3.00 bits per heavy atom. The van der Waals surface area contributed by atoms with Crippen LogP contribution in [0, 0.1) is 11.3 Å². The number of fused-ring (bicyclic) bond motifs is 1. The second-order valence-corrected chi connectivity index (χ2v) is 3.62. The smallest absolute Gasteiger partial charge is 0.0991 e. The molecule has 0 saturated carbocycles. The molecule has 2 heteroatoms. The van der Waals surface area contributed by atoms with Gasteiger partial charge in [-0.15, -0.1) is 0 Å². The van der Waals surface area contributed by atoms with Gasteiger partial charge < -0.3 is 4.90 Å². The average Bonchev–Trinajstić information content (AvgIpc) is 2.42. The van der Waals surface area contributed by atoms with Crippen LogP contribution in [-0.4, -0.2) is 13.1 Å². The van der Waals surface area contributed by atoms with Crippen molar-refractivity contribution in [3.63, 3.8) is 0 Å². The van der Waals surface area contributed by atoms with E-state index in [0.717, 1.165) is 12.0 Å². The lowest BCUT2D eigenvalue weighted by Crippen LogP contribution is -2.23. The number of benzene rings is 1. The Morgan fingerprint density at radius 1 is 1.54 bits per heavy atom. The first-order valence-electron chi connectivity index (χ1n) is 4.48. The summed E-state index contributed by atoms with van der Waals surface area (Å²) in [6.07, 6.45) is 1.06. The summed E-state index contributed by atoms with van der Waals surface area (Å²) in [6.45, 7) is 2.20. The molecule has 0 aromatic heterocycles. The van der Waals surface area contributed by atoms with E-state index < -0.39 is 0 Å². The van der Waals surface area contributed by atoms with Gasteiger partial charge in [-0.05, 0) is 37.1 Å². The minimum Gasteiger partial charge on any atom is -0.371 e. The molecule has 1 aromatic rings. The zero-order chi connectivity index (χ0) is 9.42. The van der Waals surface area contributed by atoms with Gasteiger partial charge in [0.15, 0.2) is 0 Å². The van der Waals surface area contributed by atoms with Gasteiger partial charge in [0.25, 0.3) is 0 Å². The van der Waals surface area contributed by atoms with Crippen molar-refractivity contribution in [2.45, 2.75) is 19.4 Å². The van der Waals surface area contributed by atoms with Gasteiger partial charge in [-0.1, -0.05) is 0 Å². The number of hydrogen-bond acceptors (Lipinski definition) is 2. The van der Waals surface area contributed by atoms with E-state index in [2.05, 4.69) is 24.9 Å². The van der Waals surface area contributed by atoms with Crippen LogP contribution >= 0.6 is 0 Å². The Bertz CT molecular complexity index is 376. The quantitative estimate of drug-likeness (QED) is 0.598. The second-order valence-electron chi connectivity index (χ2n) is 3.62. The molecule has 66 valence electrons. The van der Waals surface area contributed by atoms with E-state index in [1.54, 1.807) is 0 Å². The zero-order valence-corrected chi connectivity index (χ0v) is 7.91. The largest absolute Gasteiger partial charge is 0.371 e. The number of anilines is 1. The summed E-state index contributed by atoms with van der Waals surface area (Å²) in [7, 11) is 2.10. The molecule has 0 saturated heterocycles. The van der Waals surface area contributed by atoms with Crippen molar-refractivity contribution in [1.82, 2.24) is 0 Å². The van der Waals surface area contributed by atoms with Crippen molar-refractivity contribution >= 4 is 5.69 Å². The Labute approximate surface area is 78.4 Å². The molecular formula is C11H12N2. The van der Waals surface area contributed by atoms with Gasteiger partial charge in [0.2, 0.25) is 0 Å². The van der Waals surface area contributed by atoms with Crippen LogP contribution in [0.2, 0.25) is 0 Å². The van der Waals surface area contributed by atoms with Crippen molar-refractivity contribution in [2.75, 3.05) is 11.9 Å². The maximum atomic E-state index is 8.74. The molecule has 1 aliphatic heterocycles. The van der Waals surface area contributed by atoms with Crippen LogP contribution in [0.15, 0.2) is 18.2 Å². The van der Waals surface area contributed by atoms with E-state index in [9.17, 15) is 0 Å². The molecule has 0 spiro atoms. The maximum Gasteiger partial charge on any atom is 0.0991 e. The standard InChI is InChI=1S/C11H12N2/c1-8-5-10-6-9(7-12)3-4-11(10)13(8)2/h3-4,6,8H,5H2,1-2H3. The summed E-state index contributed by atoms with van der Waals surface area (Å²) < 4.78 is 0. The number of hydrogen-bond donors (Lipinski definition) is 0. The molecule has 1 heterocycles. The lowest BCUT2D eigenvalue weighted by Gasteiger charge is -2.17. The highest BCUT2D eigenvalue weighted by molar-refractivity contribution is 5.60. The van der Waals surface area contributed by atoms with Crippen molar-refractivity contribution in [3.05, 3.63) is 29.3 Å². The van der Waals surface area contributed by atoms with Gasteiger partial charge in [0.1, 0.15) is 0 Å². The molecule has 0 fully saturated rings. The first-order valence-corrected chi connectivity index (χ1v) is 4.48. The third kappa shape index (κ3) is 1.17. The normalized spacial score (nSPS) is 19.8. The van der Waals surface area contributed by atoms with E-state index >= 15 is 0 Å². The van der Waals surface area contributed by atoms with Gasteiger partial charge in [0.05, 0.1) is 11.6 Å². The number of rotatable bonds is 0. The second kappa shape index (κ2) is 2.77. The molecule has 0 bridgehead atoms. The minimum atomic E-state index is 0.559. The van der Waals surface area contributed by atoms with Gasteiger partial charge in [0, 0.05) is 18.8 Å². The van der Waals surface area contributed by atoms with E-state index in [1.165, 1.54) is 11.3 Å². The summed E-state index contributed by atoms with van der Waals surface area (Å²) in [5.74, 6) is 0. The van der Waals surface area contributed by atoms with E-state index in [0.29, 0.717) is 6.04 Å². The van der Waals surface area contributed by atoms with Crippen molar-refractivity contribution in [2.24, 2.45) is 0 Å². The van der Waals surface area contributed by atoms with Gasteiger partial charge in [-0.3, -0.25) is 0 Å². The fourth-order valence-corrected chi connectivity index (χ4v) is 1.86. The number of likely N-dealkylation sites (N-methyl/N-ethyl adjacent to an activating group) is 1. The molecule has 2 rings (SSSR count). The average molecular weight is 172 g/mol. The fraction of sp³-hybridized carbons (Fsp3) is 0.364. The van der Waals surface area contributed by atoms with E-state index in [1.807, 2.05) is 18.2 Å². The molecule has 1 atom stereocenters. The third-order valence-electron chi connectivity index (χ3n) is 2.77. The molecule has 0 aliphatic carbocycles. The van der Waals surface area contributed by atoms with Gasteiger partial charge in [-0.2, -0.15) is 5.26 Å².